The SMILES string of the molecule is CCC1(C(=O)O)CCN(Cc2ncc(Cl)n2C)CC1. The van der Waals surface area contributed by atoms with Crippen LogP contribution in [-0.2, 0) is 18.4 Å². The third-order valence-electron chi connectivity index (χ3n) is 4.34. The molecule has 5 nitrogen and oxygen atoms in total. The largest absolute Gasteiger partial charge is 0.481 e. The maximum absolute atomic E-state index is 11.4. The molecule has 1 N–H and O–H groups in total. The van der Waals surface area contributed by atoms with Crippen molar-refractivity contribution in [1.82, 2.24) is 14.5 Å². The highest BCUT2D eigenvalue weighted by Gasteiger charge is 2.39. The Morgan fingerprint density at radius 1 is 1.53 bits per heavy atom. The normalized spacial score (nSPS) is 19.5. The summed E-state index contributed by atoms with van der Waals surface area (Å²) in [6.45, 7) is 4.28. The number of aliphatic carboxylic acids is 1. The molecule has 1 fully saturated rings. The molecule has 106 valence electrons. The predicted molar refractivity (Wildman–Crippen MR) is 73.1 cm³/mol. The van der Waals surface area contributed by atoms with Crippen molar-refractivity contribution in [2.24, 2.45) is 12.5 Å². The maximum atomic E-state index is 11.4. The molecule has 0 radical (unpaired) electrons. The number of halogens is 1. The Balaban J connectivity index is 1.97. The fourth-order valence-corrected chi connectivity index (χ4v) is 2.78. The van der Waals surface area contributed by atoms with Gasteiger partial charge in [0, 0.05) is 7.05 Å². The first-order valence-corrected chi connectivity index (χ1v) is 6.98. The van der Waals surface area contributed by atoms with Crippen molar-refractivity contribution in [2.45, 2.75) is 32.7 Å². The van der Waals surface area contributed by atoms with Gasteiger partial charge in [0.05, 0.1) is 18.2 Å². The molecule has 0 spiro atoms. The number of imidazole rings is 1. The van der Waals surface area contributed by atoms with E-state index in [1.807, 2.05) is 18.5 Å². The second kappa shape index (κ2) is 5.51. The summed E-state index contributed by atoms with van der Waals surface area (Å²) >= 11 is 5.96. The van der Waals surface area contributed by atoms with Gasteiger partial charge in [-0.15, -0.1) is 0 Å². The lowest BCUT2D eigenvalue weighted by Crippen LogP contribution is -2.44. The molecule has 0 bridgehead atoms. The molecule has 1 aromatic heterocycles. The van der Waals surface area contributed by atoms with Gasteiger partial charge >= 0.3 is 5.97 Å². The Morgan fingerprint density at radius 3 is 2.58 bits per heavy atom. The van der Waals surface area contributed by atoms with Crippen molar-refractivity contribution in [3.63, 3.8) is 0 Å². The van der Waals surface area contributed by atoms with E-state index in [0.29, 0.717) is 24.4 Å². The van der Waals surface area contributed by atoms with Gasteiger partial charge in [0.25, 0.3) is 0 Å². The van der Waals surface area contributed by atoms with Crippen molar-refractivity contribution in [3.05, 3.63) is 17.2 Å². The van der Waals surface area contributed by atoms with Gasteiger partial charge in [-0.1, -0.05) is 18.5 Å². The summed E-state index contributed by atoms with van der Waals surface area (Å²) in [5.41, 5.74) is -0.532. The van der Waals surface area contributed by atoms with Crippen LogP contribution < -0.4 is 0 Å². The number of aromatic nitrogens is 2. The Bertz CT molecular complexity index is 464. The molecular formula is C13H20ClN3O2. The van der Waals surface area contributed by atoms with E-state index in [-0.39, 0.29) is 0 Å². The minimum absolute atomic E-state index is 0.532. The molecule has 1 aliphatic heterocycles. The zero-order valence-electron chi connectivity index (χ0n) is 11.4. The summed E-state index contributed by atoms with van der Waals surface area (Å²) in [6.07, 6.45) is 3.76. The van der Waals surface area contributed by atoms with Crippen LogP contribution in [0.4, 0.5) is 0 Å². The molecule has 1 saturated heterocycles. The molecule has 1 aromatic rings. The molecule has 1 aliphatic rings. The maximum Gasteiger partial charge on any atom is 0.309 e. The van der Waals surface area contributed by atoms with Crippen LogP contribution in [0.15, 0.2) is 6.20 Å². The van der Waals surface area contributed by atoms with Gasteiger partial charge in [-0.2, -0.15) is 0 Å². The summed E-state index contributed by atoms with van der Waals surface area (Å²) in [7, 11) is 1.89. The van der Waals surface area contributed by atoms with Gasteiger partial charge in [-0.05, 0) is 32.4 Å². The lowest BCUT2D eigenvalue weighted by Gasteiger charge is -2.38. The van der Waals surface area contributed by atoms with Gasteiger partial charge in [0.1, 0.15) is 11.0 Å². The fourth-order valence-electron chi connectivity index (χ4n) is 2.63. The first-order valence-electron chi connectivity index (χ1n) is 6.60. The lowest BCUT2D eigenvalue weighted by molar-refractivity contribution is -0.152. The number of likely N-dealkylation sites (tertiary alicyclic amines) is 1. The lowest BCUT2D eigenvalue weighted by atomic mass is 9.76. The molecule has 0 saturated carbocycles. The van der Waals surface area contributed by atoms with Crippen LogP contribution in [0.5, 0.6) is 0 Å². The average molecular weight is 286 g/mol. The minimum Gasteiger partial charge on any atom is -0.481 e. The first-order chi connectivity index (χ1) is 8.98. The molecule has 0 unspecified atom stereocenters. The molecule has 0 atom stereocenters. The van der Waals surface area contributed by atoms with Crippen molar-refractivity contribution >= 4 is 17.6 Å². The Hall–Kier alpha value is -1.07. The summed E-state index contributed by atoms with van der Waals surface area (Å²) in [4.78, 5) is 17.9. The molecule has 0 aromatic carbocycles. The van der Waals surface area contributed by atoms with E-state index >= 15 is 0 Å². The third-order valence-corrected chi connectivity index (χ3v) is 4.69. The van der Waals surface area contributed by atoms with E-state index in [1.165, 1.54) is 0 Å². The molecule has 6 heteroatoms. The molecule has 2 heterocycles. The monoisotopic (exact) mass is 285 g/mol. The summed E-state index contributed by atoms with van der Waals surface area (Å²) < 4.78 is 1.86. The van der Waals surface area contributed by atoms with Crippen molar-refractivity contribution in [1.29, 1.82) is 0 Å². The van der Waals surface area contributed by atoms with Gasteiger partial charge in [0.15, 0.2) is 0 Å². The highest BCUT2D eigenvalue weighted by molar-refractivity contribution is 6.29. The van der Waals surface area contributed by atoms with E-state index in [0.717, 1.165) is 25.5 Å². The second-order valence-corrected chi connectivity index (χ2v) is 5.66. The van der Waals surface area contributed by atoms with Gasteiger partial charge in [-0.3, -0.25) is 9.69 Å². The van der Waals surface area contributed by atoms with Crippen LogP contribution in [0.1, 0.15) is 32.0 Å². The number of carboxylic acids is 1. The zero-order valence-corrected chi connectivity index (χ0v) is 12.2. The number of carboxylic acid groups (broad SMARTS) is 1. The molecule has 0 amide bonds. The summed E-state index contributed by atoms with van der Waals surface area (Å²) in [6, 6.07) is 0. The number of nitrogens with zero attached hydrogens (tertiary/aromatic N) is 3. The van der Waals surface area contributed by atoms with E-state index in [2.05, 4.69) is 9.88 Å². The van der Waals surface area contributed by atoms with E-state index in [1.54, 1.807) is 6.20 Å². The molecule has 19 heavy (non-hydrogen) atoms. The second-order valence-electron chi connectivity index (χ2n) is 5.27. The first kappa shape index (κ1) is 14.3. The predicted octanol–water partition coefficient (Wildman–Crippen LogP) is 2.15. The van der Waals surface area contributed by atoms with Crippen LogP contribution >= 0.6 is 11.6 Å². The van der Waals surface area contributed by atoms with Gasteiger partial charge in [-0.25, -0.2) is 4.98 Å². The Labute approximate surface area is 118 Å². The number of hydrogen-bond acceptors (Lipinski definition) is 3. The van der Waals surface area contributed by atoms with Crippen molar-refractivity contribution in [3.8, 4) is 0 Å². The van der Waals surface area contributed by atoms with E-state index in [9.17, 15) is 9.90 Å². The Morgan fingerprint density at radius 2 is 2.16 bits per heavy atom. The van der Waals surface area contributed by atoms with Crippen molar-refractivity contribution < 1.29 is 9.90 Å². The Kier molecular flexibility index (Phi) is 4.16. The average Bonchev–Trinajstić information content (AvgIpc) is 2.71. The van der Waals surface area contributed by atoms with E-state index < -0.39 is 11.4 Å². The molecule has 0 aliphatic carbocycles. The quantitative estimate of drug-likeness (QED) is 0.921. The highest BCUT2D eigenvalue weighted by atomic mass is 35.5. The van der Waals surface area contributed by atoms with Crippen molar-refractivity contribution in [2.75, 3.05) is 13.1 Å². The molecular weight excluding hydrogens is 266 g/mol. The number of rotatable bonds is 4. The van der Waals surface area contributed by atoms with Crippen LogP contribution in [0.3, 0.4) is 0 Å². The topological polar surface area (TPSA) is 58.4 Å². The van der Waals surface area contributed by atoms with E-state index in [4.69, 9.17) is 11.6 Å². The number of piperidine rings is 1. The minimum atomic E-state index is -0.658. The van der Waals surface area contributed by atoms with Crippen LogP contribution in [0.2, 0.25) is 5.15 Å². The zero-order chi connectivity index (χ0) is 14.0. The van der Waals surface area contributed by atoms with Crippen LogP contribution in [0.25, 0.3) is 0 Å². The number of carbonyl (C=O) groups is 1. The summed E-state index contributed by atoms with van der Waals surface area (Å²) in [5, 5.41) is 9.99. The van der Waals surface area contributed by atoms with Crippen LogP contribution in [-0.4, -0.2) is 38.6 Å². The van der Waals surface area contributed by atoms with Crippen LogP contribution in [0, 0.1) is 5.41 Å². The molecule has 2 rings (SSSR count). The number of hydrogen-bond donors (Lipinski definition) is 1. The van der Waals surface area contributed by atoms with Gasteiger partial charge in [0.2, 0.25) is 0 Å². The smallest absolute Gasteiger partial charge is 0.309 e. The third kappa shape index (κ3) is 2.77. The van der Waals surface area contributed by atoms with Gasteiger partial charge < -0.3 is 9.67 Å². The highest BCUT2D eigenvalue weighted by Crippen LogP contribution is 2.35. The standard InChI is InChI=1S/C13H20ClN3O2/c1-3-13(12(18)19)4-6-17(7-5-13)9-11-15-8-10(14)16(11)2/h8H,3-7,9H2,1-2H3,(H,18,19). The summed E-state index contributed by atoms with van der Waals surface area (Å²) in [5.74, 6) is 0.263. The fraction of sp³-hybridized carbons (Fsp3) is 0.692.